The number of carbonyl (C=O) groups excluding carboxylic acids is 2. The Bertz CT molecular complexity index is 579. The second-order valence-electron chi connectivity index (χ2n) is 6.25. The van der Waals surface area contributed by atoms with E-state index in [1.165, 1.54) is 0 Å². The highest BCUT2D eigenvalue weighted by Crippen LogP contribution is 2.26. The molecule has 156 valence electrons. The fourth-order valence-electron chi connectivity index (χ4n) is 3.03. The smallest absolute Gasteiger partial charge is 0.463 e. The van der Waals surface area contributed by atoms with Gasteiger partial charge in [0.15, 0.2) is 0 Å². The quantitative estimate of drug-likeness (QED) is 0.301. The lowest BCUT2D eigenvalue weighted by molar-refractivity contribution is -0.139. The zero-order valence-corrected chi connectivity index (χ0v) is 16.6. The van der Waals surface area contributed by atoms with E-state index in [0.29, 0.717) is 18.6 Å². The molecule has 0 unspecified atom stereocenters. The summed E-state index contributed by atoms with van der Waals surface area (Å²) in [6, 6.07) is -0.138. The van der Waals surface area contributed by atoms with Crippen molar-refractivity contribution in [1.82, 2.24) is 10.6 Å². The molecule has 2 aliphatic rings. The molecule has 1 saturated heterocycles. The van der Waals surface area contributed by atoms with E-state index in [-0.39, 0.29) is 42.7 Å². The van der Waals surface area contributed by atoms with Crippen LogP contribution in [0.3, 0.4) is 0 Å². The van der Waals surface area contributed by atoms with Crippen LogP contribution in [0.4, 0.5) is 0 Å². The third-order valence-electron chi connectivity index (χ3n) is 4.24. The highest BCUT2D eigenvalue weighted by atomic mass is 31.2. The summed E-state index contributed by atoms with van der Waals surface area (Å²) in [6.45, 7) is 6.58. The van der Waals surface area contributed by atoms with E-state index in [1.54, 1.807) is 6.92 Å². The van der Waals surface area contributed by atoms with E-state index in [4.69, 9.17) is 28.7 Å². The number of nitrogens with one attached hydrogen (secondary N) is 2. The molecular formula is C16H29N2O8P. The predicted octanol–water partition coefficient (Wildman–Crippen LogP) is -0.0186. The molecule has 1 amide bonds. The fourth-order valence-corrected chi connectivity index (χ4v) is 3.03. The molecule has 2 rings (SSSR count). The number of esters is 1. The molecule has 0 aromatic carbocycles. The second kappa shape index (κ2) is 10.9. The molecule has 0 bridgehead atoms. The van der Waals surface area contributed by atoms with Crippen molar-refractivity contribution >= 4 is 19.7 Å². The van der Waals surface area contributed by atoms with Crippen LogP contribution in [0.5, 0.6) is 0 Å². The van der Waals surface area contributed by atoms with Gasteiger partial charge in [0.2, 0.25) is 5.91 Å². The van der Waals surface area contributed by atoms with Gasteiger partial charge in [-0.25, -0.2) is 9.36 Å². The van der Waals surface area contributed by atoms with Crippen molar-refractivity contribution in [2.75, 3.05) is 13.2 Å². The minimum absolute atomic E-state index is 0.00326. The van der Waals surface area contributed by atoms with Gasteiger partial charge in [-0.1, -0.05) is 13.8 Å². The van der Waals surface area contributed by atoms with E-state index in [0.717, 1.165) is 12.8 Å². The van der Waals surface area contributed by atoms with Crippen molar-refractivity contribution in [3.05, 3.63) is 11.6 Å². The SMILES string of the molecule is CCOC(=O)C1=C[C@@H](OC(CC)CC)[C@@H]2NCC(=O)N[C@H]2C1.O=P(O)(O)O. The summed E-state index contributed by atoms with van der Waals surface area (Å²) in [7, 11) is -4.64. The lowest BCUT2D eigenvalue weighted by atomic mass is 9.86. The van der Waals surface area contributed by atoms with Gasteiger partial charge in [-0.2, -0.15) is 0 Å². The molecular weight excluding hydrogens is 379 g/mol. The normalized spacial score (nSPS) is 24.9. The molecule has 1 fully saturated rings. The Morgan fingerprint density at radius 2 is 1.89 bits per heavy atom. The second-order valence-corrected chi connectivity index (χ2v) is 7.28. The van der Waals surface area contributed by atoms with Crippen molar-refractivity contribution in [2.24, 2.45) is 0 Å². The number of rotatable bonds is 6. The van der Waals surface area contributed by atoms with Gasteiger partial charge in [0, 0.05) is 12.0 Å². The highest BCUT2D eigenvalue weighted by Gasteiger charge is 2.40. The third-order valence-corrected chi connectivity index (χ3v) is 4.24. The molecule has 0 aromatic rings. The topological polar surface area (TPSA) is 154 Å². The van der Waals surface area contributed by atoms with Gasteiger partial charge in [-0.3, -0.25) is 4.79 Å². The van der Waals surface area contributed by atoms with Crippen LogP contribution in [0.2, 0.25) is 0 Å². The number of phosphoric acid groups is 1. The van der Waals surface area contributed by atoms with Crippen molar-refractivity contribution in [2.45, 2.75) is 64.3 Å². The number of amides is 1. The Balaban J connectivity index is 0.000000646. The first-order valence-electron chi connectivity index (χ1n) is 8.93. The molecule has 0 aromatic heterocycles. The molecule has 5 N–H and O–H groups in total. The number of hydrogen-bond acceptors (Lipinski definition) is 6. The van der Waals surface area contributed by atoms with Crippen molar-refractivity contribution in [3.63, 3.8) is 0 Å². The number of fused-ring (bicyclic) bond motifs is 1. The first-order chi connectivity index (χ1) is 12.6. The maximum absolute atomic E-state index is 12.0. The monoisotopic (exact) mass is 408 g/mol. The van der Waals surface area contributed by atoms with E-state index >= 15 is 0 Å². The van der Waals surface area contributed by atoms with Gasteiger partial charge < -0.3 is 34.8 Å². The Morgan fingerprint density at radius 3 is 2.41 bits per heavy atom. The number of carbonyl (C=O) groups is 2. The van der Waals surface area contributed by atoms with Gasteiger partial charge in [0.25, 0.3) is 0 Å². The average molecular weight is 408 g/mol. The highest BCUT2D eigenvalue weighted by molar-refractivity contribution is 7.45. The first-order valence-corrected chi connectivity index (χ1v) is 10.5. The van der Waals surface area contributed by atoms with Gasteiger partial charge in [-0.15, -0.1) is 0 Å². The van der Waals surface area contributed by atoms with Crippen LogP contribution >= 0.6 is 7.82 Å². The molecule has 1 heterocycles. The summed E-state index contributed by atoms with van der Waals surface area (Å²) in [5.41, 5.74) is 0.586. The first kappa shape index (κ1) is 23.7. The van der Waals surface area contributed by atoms with Crippen molar-refractivity contribution < 1.29 is 38.3 Å². The van der Waals surface area contributed by atoms with Gasteiger partial charge in [-0.05, 0) is 25.8 Å². The summed E-state index contributed by atoms with van der Waals surface area (Å²) in [5.74, 6) is -0.369. The van der Waals surface area contributed by atoms with E-state index in [2.05, 4.69) is 24.5 Å². The minimum Gasteiger partial charge on any atom is -0.463 e. The summed E-state index contributed by atoms with van der Waals surface area (Å²) in [4.78, 5) is 45.2. The van der Waals surface area contributed by atoms with Gasteiger partial charge in [0.1, 0.15) is 0 Å². The average Bonchev–Trinajstić information content (AvgIpc) is 2.57. The Kier molecular flexibility index (Phi) is 9.58. The maximum Gasteiger partial charge on any atom is 0.466 e. The van der Waals surface area contributed by atoms with Crippen LogP contribution in [-0.2, 0) is 23.6 Å². The summed E-state index contributed by atoms with van der Waals surface area (Å²) >= 11 is 0. The number of ether oxygens (including phenoxy) is 2. The number of hydrogen-bond donors (Lipinski definition) is 5. The zero-order valence-electron chi connectivity index (χ0n) is 15.8. The molecule has 27 heavy (non-hydrogen) atoms. The lowest BCUT2D eigenvalue weighted by Crippen LogP contribution is -2.64. The Hall–Kier alpha value is -1.29. The van der Waals surface area contributed by atoms with Crippen LogP contribution in [0.15, 0.2) is 11.6 Å². The molecule has 10 nitrogen and oxygen atoms in total. The fraction of sp³-hybridized carbons (Fsp3) is 0.750. The third kappa shape index (κ3) is 8.50. The molecule has 1 aliphatic heterocycles. The Morgan fingerprint density at radius 1 is 1.30 bits per heavy atom. The number of piperazine rings is 1. The van der Waals surface area contributed by atoms with E-state index < -0.39 is 7.82 Å². The predicted molar refractivity (Wildman–Crippen MR) is 96.6 cm³/mol. The summed E-state index contributed by atoms with van der Waals surface area (Å²) in [6.07, 6.45) is 4.08. The largest absolute Gasteiger partial charge is 0.466 e. The van der Waals surface area contributed by atoms with Crippen molar-refractivity contribution in [1.29, 1.82) is 0 Å². The molecule has 0 spiro atoms. The zero-order chi connectivity index (χ0) is 20.6. The molecule has 11 heteroatoms. The standard InChI is InChI=1S/C16H26N2O4.H3O4P/c1-4-11(5-2)22-13-8-10(16(20)21-6-3)7-12-15(13)17-9-14(19)18-12;1-5(2,3)4/h8,11-13,15,17H,4-7,9H2,1-3H3,(H,18,19);(H3,1,2,3,4)/t12-,13+,15+;/m0./s1. The van der Waals surface area contributed by atoms with Crippen LogP contribution < -0.4 is 10.6 Å². The van der Waals surface area contributed by atoms with Crippen LogP contribution in [-0.4, -0.2) is 64.0 Å². The molecule has 3 atom stereocenters. The Labute approximate surface area is 158 Å². The van der Waals surface area contributed by atoms with Crippen molar-refractivity contribution in [3.8, 4) is 0 Å². The van der Waals surface area contributed by atoms with Crippen LogP contribution in [0.25, 0.3) is 0 Å². The lowest BCUT2D eigenvalue weighted by Gasteiger charge is -2.41. The maximum atomic E-state index is 12.0. The van der Waals surface area contributed by atoms with Crippen LogP contribution in [0.1, 0.15) is 40.0 Å². The minimum atomic E-state index is -4.64. The van der Waals surface area contributed by atoms with Gasteiger partial charge in [0.05, 0.1) is 37.4 Å². The summed E-state index contributed by atoms with van der Waals surface area (Å²) in [5, 5.41) is 6.19. The van der Waals surface area contributed by atoms with E-state index in [9.17, 15) is 9.59 Å². The molecule has 1 aliphatic carbocycles. The molecule has 0 radical (unpaired) electrons. The van der Waals surface area contributed by atoms with Crippen LogP contribution in [0, 0.1) is 0 Å². The summed E-state index contributed by atoms with van der Waals surface area (Å²) < 4.78 is 20.1. The van der Waals surface area contributed by atoms with Gasteiger partial charge >= 0.3 is 13.8 Å². The van der Waals surface area contributed by atoms with E-state index in [1.807, 2.05) is 6.08 Å². The molecule has 0 saturated carbocycles.